The molecule has 72 valence electrons. The summed E-state index contributed by atoms with van der Waals surface area (Å²) in [6, 6.07) is 4.31. The van der Waals surface area contributed by atoms with Gasteiger partial charge in [0.1, 0.15) is 6.10 Å². The first-order chi connectivity index (χ1) is 6.06. The summed E-state index contributed by atoms with van der Waals surface area (Å²) in [6.45, 7) is 8.25. The van der Waals surface area contributed by atoms with Crippen molar-refractivity contribution in [3.8, 4) is 0 Å². The number of nitrogens with two attached hydrogens (primary N) is 1. The molecular formula is C11H17NO. The highest BCUT2D eigenvalue weighted by molar-refractivity contribution is 5.37. The maximum absolute atomic E-state index is 5.16. The van der Waals surface area contributed by atoms with Crippen LogP contribution in [0, 0.1) is 20.8 Å². The van der Waals surface area contributed by atoms with E-state index in [2.05, 4.69) is 32.9 Å². The lowest BCUT2D eigenvalue weighted by Crippen LogP contribution is -2.07. The third-order valence-corrected chi connectivity index (χ3v) is 2.52. The first kappa shape index (κ1) is 10.2. The SMILES string of the molecule is Cc1cc(C)c(C(C)ON)cc1C. The maximum Gasteiger partial charge on any atom is 0.101 e. The van der Waals surface area contributed by atoms with Crippen LogP contribution in [-0.2, 0) is 4.84 Å². The average molecular weight is 179 g/mol. The van der Waals surface area contributed by atoms with E-state index in [1.54, 1.807) is 0 Å². The number of benzene rings is 1. The maximum atomic E-state index is 5.16. The smallest absolute Gasteiger partial charge is 0.101 e. The number of rotatable bonds is 2. The van der Waals surface area contributed by atoms with Gasteiger partial charge in [0.05, 0.1) is 0 Å². The summed E-state index contributed by atoms with van der Waals surface area (Å²) in [5, 5.41) is 0. The molecule has 1 rings (SSSR count). The van der Waals surface area contributed by atoms with Gasteiger partial charge in [0.2, 0.25) is 0 Å². The zero-order valence-corrected chi connectivity index (χ0v) is 8.72. The summed E-state index contributed by atoms with van der Waals surface area (Å²) < 4.78 is 0. The zero-order chi connectivity index (χ0) is 10.0. The molecule has 2 heteroatoms. The van der Waals surface area contributed by atoms with Crippen LogP contribution in [0.25, 0.3) is 0 Å². The molecular weight excluding hydrogens is 162 g/mol. The minimum Gasteiger partial charge on any atom is -0.297 e. The van der Waals surface area contributed by atoms with E-state index in [0.29, 0.717) is 0 Å². The molecule has 1 aromatic carbocycles. The fraction of sp³-hybridized carbons (Fsp3) is 0.455. The van der Waals surface area contributed by atoms with Crippen molar-refractivity contribution >= 4 is 0 Å². The van der Waals surface area contributed by atoms with Crippen LogP contribution in [0.4, 0.5) is 0 Å². The van der Waals surface area contributed by atoms with E-state index in [1.165, 1.54) is 22.3 Å². The molecule has 0 aromatic heterocycles. The highest BCUT2D eigenvalue weighted by atomic mass is 16.6. The number of hydrogen-bond acceptors (Lipinski definition) is 2. The van der Waals surface area contributed by atoms with E-state index in [0.717, 1.165) is 0 Å². The topological polar surface area (TPSA) is 35.2 Å². The molecule has 0 aliphatic heterocycles. The summed E-state index contributed by atoms with van der Waals surface area (Å²) in [5.74, 6) is 5.16. The van der Waals surface area contributed by atoms with Crippen LogP contribution in [0.3, 0.4) is 0 Å². The van der Waals surface area contributed by atoms with Gasteiger partial charge in [0.25, 0.3) is 0 Å². The molecule has 0 fully saturated rings. The number of hydrogen-bond donors (Lipinski definition) is 1. The molecule has 0 saturated carbocycles. The Balaban J connectivity index is 3.15. The largest absolute Gasteiger partial charge is 0.297 e. The zero-order valence-electron chi connectivity index (χ0n) is 8.72. The average Bonchev–Trinajstić information content (AvgIpc) is 2.10. The van der Waals surface area contributed by atoms with Gasteiger partial charge in [0.15, 0.2) is 0 Å². The minimum absolute atomic E-state index is 0.0284. The number of aryl methyl sites for hydroxylation is 3. The third-order valence-electron chi connectivity index (χ3n) is 2.52. The Morgan fingerprint density at radius 3 is 2.15 bits per heavy atom. The predicted molar refractivity (Wildman–Crippen MR) is 54.3 cm³/mol. The van der Waals surface area contributed by atoms with E-state index in [1.807, 2.05) is 6.92 Å². The van der Waals surface area contributed by atoms with Gasteiger partial charge < -0.3 is 0 Å². The molecule has 0 saturated heterocycles. The Kier molecular flexibility index (Phi) is 3.07. The molecule has 0 bridgehead atoms. The molecule has 0 aliphatic rings. The Bertz CT molecular complexity index is 307. The lowest BCUT2D eigenvalue weighted by molar-refractivity contribution is 0.0659. The minimum atomic E-state index is -0.0284. The Labute approximate surface area is 79.7 Å². The van der Waals surface area contributed by atoms with E-state index in [-0.39, 0.29) is 6.10 Å². The van der Waals surface area contributed by atoms with Gasteiger partial charge in [0, 0.05) is 0 Å². The Hall–Kier alpha value is -0.860. The van der Waals surface area contributed by atoms with E-state index in [4.69, 9.17) is 10.7 Å². The van der Waals surface area contributed by atoms with Crippen molar-refractivity contribution in [2.45, 2.75) is 33.8 Å². The Morgan fingerprint density at radius 2 is 1.62 bits per heavy atom. The molecule has 13 heavy (non-hydrogen) atoms. The predicted octanol–water partition coefficient (Wildman–Crippen LogP) is 2.56. The molecule has 0 spiro atoms. The fourth-order valence-electron chi connectivity index (χ4n) is 1.49. The first-order valence-electron chi connectivity index (χ1n) is 4.49. The van der Waals surface area contributed by atoms with Crippen molar-refractivity contribution in [3.63, 3.8) is 0 Å². The second-order valence-electron chi connectivity index (χ2n) is 3.57. The van der Waals surface area contributed by atoms with Gasteiger partial charge >= 0.3 is 0 Å². The van der Waals surface area contributed by atoms with E-state index in [9.17, 15) is 0 Å². The molecule has 0 heterocycles. The van der Waals surface area contributed by atoms with Crippen molar-refractivity contribution in [2.24, 2.45) is 5.90 Å². The molecule has 0 aliphatic carbocycles. The van der Waals surface area contributed by atoms with Crippen LogP contribution in [0.2, 0.25) is 0 Å². The summed E-state index contributed by atoms with van der Waals surface area (Å²) >= 11 is 0. The first-order valence-corrected chi connectivity index (χ1v) is 4.49. The van der Waals surface area contributed by atoms with Gasteiger partial charge in [-0.3, -0.25) is 4.84 Å². The van der Waals surface area contributed by atoms with Crippen LogP contribution < -0.4 is 5.90 Å². The van der Waals surface area contributed by atoms with Gasteiger partial charge in [-0.25, -0.2) is 5.90 Å². The van der Waals surface area contributed by atoms with Crippen LogP contribution in [-0.4, -0.2) is 0 Å². The van der Waals surface area contributed by atoms with Crippen molar-refractivity contribution in [1.82, 2.24) is 0 Å². The summed E-state index contributed by atoms with van der Waals surface area (Å²) in [5.41, 5.74) is 5.00. The second kappa shape index (κ2) is 3.90. The van der Waals surface area contributed by atoms with Crippen molar-refractivity contribution in [3.05, 3.63) is 34.4 Å². The molecule has 1 unspecified atom stereocenters. The van der Waals surface area contributed by atoms with E-state index < -0.39 is 0 Å². The fourth-order valence-corrected chi connectivity index (χ4v) is 1.49. The van der Waals surface area contributed by atoms with Crippen LogP contribution in [0.1, 0.15) is 35.3 Å². The molecule has 1 aromatic rings. The highest BCUT2D eigenvalue weighted by Crippen LogP contribution is 2.22. The van der Waals surface area contributed by atoms with Crippen molar-refractivity contribution in [1.29, 1.82) is 0 Å². The highest BCUT2D eigenvalue weighted by Gasteiger charge is 2.08. The van der Waals surface area contributed by atoms with Crippen molar-refractivity contribution < 1.29 is 4.84 Å². The standard InChI is InChI=1S/C11H17NO/c1-7-5-9(3)11(6-8(7)2)10(4)13-12/h5-6,10H,12H2,1-4H3. The van der Waals surface area contributed by atoms with Gasteiger partial charge in [-0.05, 0) is 49.9 Å². The van der Waals surface area contributed by atoms with Crippen LogP contribution in [0.5, 0.6) is 0 Å². The molecule has 2 N–H and O–H groups in total. The second-order valence-corrected chi connectivity index (χ2v) is 3.57. The van der Waals surface area contributed by atoms with Crippen molar-refractivity contribution in [2.75, 3.05) is 0 Å². The lowest BCUT2D eigenvalue weighted by Gasteiger charge is -2.14. The van der Waals surface area contributed by atoms with E-state index >= 15 is 0 Å². The monoisotopic (exact) mass is 179 g/mol. The molecule has 2 nitrogen and oxygen atoms in total. The Morgan fingerprint density at radius 1 is 1.08 bits per heavy atom. The van der Waals surface area contributed by atoms with Crippen LogP contribution >= 0.6 is 0 Å². The van der Waals surface area contributed by atoms with Gasteiger partial charge in [-0.15, -0.1) is 0 Å². The summed E-state index contributed by atoms with van der Waals surface area (Å²) in [7, 11) is 0. The summed E-state index contributed by atoms with van der Waals surface area (Å²) in [4.78, 5) is 4.81. The quantitative estimate of drug-likeness (QED) is 0.708. The summed E-state index contributed by atoms with van der Waals surface area (Å²) in [6.07, 6.45) is -0.0284. The molecule has 0 amide bonds. The van der Waals surface area contributed by atoms with Crippen LogP contribution in [0.15, 0.2) is 12.1 Å². The molecule has 0 radical (unpaired) electrons. The lowest BCUT2D eigenvalue weighted by atomic mass is 9.98. The third kappa shape index (κ3) is 2.08. The normalized spacial score (nSPS) is 13.0. The van der Waals surface area contributed by atoms with Gasteiger partial charge in [-0.1, -0.05) is 12.1 Å². The molecule has 1 atom stereocenters. The van der Waals surface area contributed by atoms with Gasteiger partial charge in [-0.2, -0.15) is 0 Å².